The molecule has 4 heterocycles. The fraction of sp³-hybridized carbons (Fsp3) is 0.353. The Morgan fingerprint density at radius 1 is 1.08 bits per heavy atom. The highest BCUT2D eigenvalue weighted by molar-refractivity contribution is 5.46. The maximum absolute atomic E-state index is 4.70. The Bertz CT molecular complexity index is 773. The Labute approximate surface area is 140 Å². The zero-order chi connectivity index (χ0) is 16.2. The largest absolute Gasteiger partial charge is 0.355 e. The predicted molar refractivity (Wildman–Crippen MR) is 90.3 cm³/mol. The number of aromatic amines is 1. The van der Waals surface area contributed by atoms with Gasteiger partial charge in [-0.2, -0.15) is 0 Å². The molecule has 7 heteroatoms. The van der Waals surface area contributed by atoms with Crippen LogP contribution in [0.2, 0.25) is 0 Å². The maximum atomic E-state index is 4.70. The van der Waals surface area contributed by atoms with Crippen LogP contribution in [-0.2, 0) is 6.42 Å². The van der Waals surface area contributed by atoms with Gasteiger partial charge < -0.3 is 9.88 Å². The number of imidazole rings is 1. The Morgan fingerprint density at radius 3 is 2.92 bits per heavy atom. The molecule has 1 fully saturated rings. The summed E-state index contributed by atoms with van der Waals surface area (Å²) in [6.07, 6.45) is 15.7. The van der Waals surface area contributed by atoms with Gasteiger partial charge in [0.05, 0.1) is 18.1 Å². The molecule has 1 aliphatic heterocycles. The molecular formula is C17H19N7. The van der Waals surface area contributed by atoms with Crippen LogP contribution >= 0.6 is 0 Å². The van der Waals surface area contributed by atoms with Crippen molar-refractivity contribution in [2.24, 2.45) is 5.92 Å². The van der Waals surface area contributed by atoms with Crippen LogP contribution in [0, 0.1) is 5.92 Å². The normalized spacial score (nSPS) is 17.8. The van der Waals surface area contributed by atoms with Gasteiger partial charge in [-0.1, -0.05) is 0 Å². The van der Waals surface area contributed by atoms with Gasteiger partial charge in [-0.05, 0) is 25.2 Å². The van der Waals surface area contributed by atoms with E-state index >= 15 is 0 Å². The fourth-order valence-corrected chi connectivity index (χ4v) is 3.21. The van der Waals surface area contributed by atoms with Crippen molar-refractivity contribution in [3.8, 4) is 11.5 Å². The van der Waals surface area contributed by atoms with Gasteiger partial charge in [0.15, 0.2) is 5.82 Å². The minimum atomic E-state index is 0.543. The first-order chi connectivity index (χ1) is 11.9. The lowest BCUT2D eigenvalue weighted by Gasteiger charge is -2.33. The molecule has 1 atom stereocenters. The summed E-state index contributed by atoms with van der Waals surface area (Å²) in [5.41, 5.74) is 1.80. The molecule has 1 saturated heterocycles. The number of hydrogen-bond acceptors (Lipinski definition) is 6. The van der Waals surface area contributed by atoms with E-state index in [4.69, 9.17) is 4.98 Å². The quantitative estimate of drug-likeness (QED) is 0.792. The Morgan fingerprint density at radius 2 is 2.08 bits per heavy atom. The number of piperidine rings is 1. The van der Waals surface area contributed by atoms with Crippen LogP contribution in [-0.4, -0.2) is 43.0 Å². The molecule has 3 aromatic heterocycles. The first-order valence-corrected chi connectivity index (χ1v) is 8.20. The molecule has 0 aliphatic carbocycles. The molecule has 1 aliphatic rings. The molecule has 0 amide bonds. The van der Waals surface area contributed by atoms with E-state index < -0.39 is 0 Å². The van der Waals surface area contributed by atoms with Crippen LogP contribution in [0.3, 0.4) is 0 Å². The number of hydrogen-bond donors (Lipinski definition) is 1. The van der Waals surface area contributed by atoms with Gasteiger partial charge >= 0.3 is 0 Å². The van der Waals surface area contributed by atoms with Gasteiger partial charge in [-0.3, -0.25) is 9.97 Å². The summed E-state index contributed by atoms with van der Waals surface area (Å²) < 4.78 is 0. The lowest BCUT2D eigenvalue weighted by Crippen LogP contribution is -2.36. The van der Waals surface area contributed by atoms with Crippen molar-refractivity contribution in [2.45, 2.75) is 19.3 Å². The van der Waals surface area contributed by atoms with E-state index in [1.807, 2.05) is 12.4 Å². The van der Waals surface area contributed by atoms with E-state index in [9.17, 15) is 0 Å². The zero-order valence-electron chi connectivity index (χ0n) is 13.3. The average Bonchev–Trinajstić information content (AvgIpc) is 3.18. The van der Waals surface area contributed by atoms with Crippen molar-refractivity contribution < 1.29 is 0 Å². The lowest BCUT2D eigenvalue weighted by molar-refractivity contribution is 0.407. The van der Waals surface area contributed by atoms with Crippen LogP contribution in [0.4, 0.5) is 5.82 Å². The van der Waals surface area contributed by atoms with Crippen LogP contribution < -0.4 is 4.90 Å². The van der Waals surface area contributed by atoms with E-state index in [0.717, 1.165) is 49.0 Å². The first kappa shape index (κ1) is 14.7. The SMILES string of the molecule is c1cnc(N2CCCC(Cc3cncc(-c4ncc[nH]4)n3)C2)cn1. The number of nitrogens with one attached hydrogen (secondary N) is 1. The van der Waals surface area contributed by atoms with E-state index in [2.05, 4.69) is 29.8 Å². The number of anilines is 1. The number of rotatable bonds is 4. The smallest absolute Gasteiger partial charge is 0.157 e. The second-order valence-corrected chi connectivity index (χ2v) is 6.06. The lowest BCUT2D eigenvalue weighted by atomic mass is 9.93. The van der Waals surface area contributed by atoms with E-state index in [0.29, 0.717) is 5.92 Å². The molecule has 0 saturated carbocycles. The van der Waals surface area contributed by atoms with Crippen molar-refractivity contribution in [1.82, 2.24) is 29.9 Å². The molecule has 122 valence electrons. The Kier molecular flexibility index (Phi) is 4.14. The highest BCUT2D eigenvalue weighted by Crippen LogP contribution is 2.23. The maximum Gasteiger partial charge on any atom is 0.157 e. The molecule has 1 N–H and O–H groups in total. The number of nitrogens with zero attached hydrogens (tertiary/aromatic N) is 6. The summed E-state index contributed by atoms with van der Waals surface area (Å²) in [7, 11) is 0. The van der Waals surface area contributed by atoms with Crippen molar-refractivity contribution in [3.63, 3.8) is 0 Å². The van der Waals surface area contributed by atoms with Crippen LogP contribution in [0.25, 0.3) is 11.5 Å². The number of H-pyrrole nitrogens is 1. The van der Waals surface area contributed by atoms with Crippen molar-refractivity contribution in [2.75, 3.05) is 18.0 Å². The van der Waals surface area contributed by atoms with Gasteiger partial charge in [-0.25, -0.2) is 15.0 Å². The molecule has 7 nitrogen and oxygen atoms in total. The van der Waals surface area contributed by atoms with Gasteiger partial charge in [-0.15, -0.1) is 0 Å². The molecule has 4 rings (SSSR count). The summed E-state index contributed by atoms with van der Waals surface area (Å²) in [5.74, 6) is 2.26. The topological polar surface area (TPSA) is 83.5 Å². The third-order valence-electron chi connectivity index (χ3n) is 4.32. The summed E-state index contributed by atoms with van der Waals surface area (Å²) in [6.45, 7) is 2.01. The van der Waals surface area contributed by atoms with Gasteiger partial charge in [0.25, 0.3) is 0 Å². The Balaban J connectivity index is 1.46. The van der Waals surface area contributed by atoms with Crippen LogP contribution in [0.5, 0.6) is 0 Å². The third kappa shape index (κ3) is 3.24. The van der Waals surface area contributed by atoms with Crippen molar-refractivity contribution in [1.29, 1.82) is 0 Å². The molecular weight excluding hydrogens is 302 g/mol. The van der Waals surface area contributed by atoms with E-state index in [1.165, 1.54) is 6.42 Å². The molecule has 24 heavy (non-hydrogen) atoms. The van der Waals surface area contributed by atoms with Crippen molar-refractivity contribution in [3.05, 3.63) is 49.1 Å². The second-order valence-electron chi connectivity index (χ2n) is 6.06. The number of aromatic nitrogens is 6. The van der Waals surface area contributed by atoms with Crippen LogP contribution in [0.15, 0.2) is 43.4 Å². The van der Waals surface area contributed by atoms with E-state index in [-0.39, 0.29) is 0 Å². The second kappa shape index (κ2) is 6.74. The van der Waals surface area contributed by atoms with Gasteiger partial charge in [0.2, 0.25) is 0 Å². The summed E-state index contributed by atoms with van der Waals surface area (Å²) >= 11 is 0. The standard InChI is InChI=1S/C17H19N7/c1-2-13(12-24(7-1)16-11-18-3-4-20-16)8-14-9-19-10-15(23-14)17-21-5-6-22-17/h3-6,9-11,13H,1-2,7-8,12H2,(H,21,22). The molecule has 0 aromatic carbocycles. The first-order valence-electron chi connectivity index (χ1n) is 8.20. The minimum absolute atomic E-state index is 0.543. The predicted octanol–water partition coefficient (Wildman–Crippen LogP) is 2.12. The average molecular weight is 321 g/mol. The molecule has 0 radical (unpaired) electrons. The van der Waals surface area contributed by atoms with E-state index in [1.54, 1.807) is 31.0 Å². The van der Waals surface area contributed by atoms with Gasteiger partial charge in [0.1, 0.15) is 11.5 Å². The molecule has 1 unspecified atom stereocenters. The zero-order valence-corrected chi connectivity index (χ0v) is 13.3. The summed E-state index contributed by atoms with van der Waals surface area (Å²) in [5, 5.41) is 0. The monoisotopic (exact) mass is 321 g/mol. The third-order valence-corrected chi connectivity index (χ3v) is 4.32. The molecule has 0 bridgehead atoms. The highest BCUT2D eigenvalue weighted by Gasteiger charge is 2.22. The van der Waals surface area contributed by atoms with Crippen molar-refractivity contribution >= 4 is 5.82 Å². The van der Waals surface area contributed by atoms with Crippen LogP contribution in [0.1, 0.15) is 18.5 Å². The minimum Gasteiger partial charge on any atom is -0.355 e. The summed E-state index contributed by atoms with van der Waals surface area (Å²) in [4.78, 5) is 27.2. The Hall–Kier alpha value is -2.83. The fourth-order valence-electron chi connectivity index (χ4n) is 3.21. The van der Waals surface area contributed by atoms with Gasteiger partial charge in [0, 0.05) is 44.1 Å². The highest BCUT2D eigenvalue weighted by atomic mass is 15.2. The summed E-state index contributed by atoms with van der Waals surface area (Å²) in [6, 6.07) is 0. The molecule has 3 aromatic rings. The molecule has 0 spiro atoms.